The van der Waals surface area contributed by atoms with Crippen molar-refractivity contribution >= 4 is 19.9 Å². The molecule has 0 aromatic carbocycles. The first-order valence-corrected chi connectivity index (χ1v) is 13.2. The van der Waals surface area contributed by atoms with Crippen molar-refractivity contribution in [3.8, 4) is 11.8 Å². The Morgan fingerprint density at radius 1 is 1.38 bits per heavy atom. The minimum Gasteiger partial charge on any atom is -0.404 e. The molecule has 5 atom stereocenters. The highest BCUT2D eigenvalue weighted by molar-refractivity contribution is 6.74. The molecule has 0 saturated heterocycles. The lowest BCUT2D eigenvalue weighted by Crippen LogP contribution is -2.48. The third-order valence-corrected chi connectivity index (χ3v) is 11.3. The molecule has 2 rings (SSSR count). The molecule has 0 aliphatic heterocycles. The molecule has 2 aliphatic rings. The molecule has 2 nitrogen and oxygen atoms in total. The molecule has 0 aromatic rings. The third-order valence-electron chi connectivity index (χ3n) is 6.29. The van der Waals surface area contributed by atoms with Crippen LogP contribution in [0.25, 0.3) is 0 Å². The molecular weight excluding hydrogens is 360 g/mol. The van der Waals surface area contributed by atoms with Crippen LogP contribution in [0.1, 0.15) is 53.9 Å². The third kappa shape index (κ3) is 4.47. The SMILES string of the molecule is CCC[C@@H]1[C@@H](C#CC2=CC=CC2(C)O[Si](C)(C)C(C)(C)C)[C@H](O)C[C@H]1Cl. The summed E-state index contributed by atoms with van der Waals surface area (Å²) in [7, 11) is -1.93. The van der Waals surface area contributed by atoms with Crippen LogP contribution >= 0.6 is 11.6 Å². The summed E-state index contributed by atoms with van der Waals surface area (Å²) in [6.07, 6.45) is 8.49. The molecule has 1 N–H and O–H groups in total. The summed E-state index contributed by atoms with van der Waals surface area (Å²) in [5.41, 5.74) is 0.517. The number of alkyl halides is 1. The van der Waals surface area contributed by atoms with E-state index in [-0.39, 0.29) is 22.3 Å². The standard InChI is InChI=1S/C22H35ClO2Si/c1-8-10-17-18(20(24)15-19(17)23)13-12-16-11-9-14-22(16,5)25-26(6,7)21(2,3)4/h9,11,14,17-20,24H,8,10,15H2,1-7H3/t17-,18-,19-,20-,22?/m1/s1. The average Bonchev–Trinajstić information content (AvgIpc) is 2.96. The van der Waals surface area contributed by atoms with E-state index in [4.69, 9.17) is 16.0 Å². The van der Waals surface area contributed by atoms with E-state index in [0.29, 0.717) is 6.42 Å². The van der Waals surface area contributed by atoms with Crippen LogP contribution in [-0.2, 0) is 4.43 Å². The lowest BCUT2D eigenvalue weighted by Gasteiger charge is -2.42. The van der Waals surface area contributed by atoms with Crippen LogP contribution in [0.3, 0.4) is 0 Å². The van der Waals surface area contributed by atoms with Crippen LogP contribution in [0.4, 0.5) is 0 Å². The number of hydrogen-bond acceptors (Lipinski definition) is 2. The molecule has 2 aliphatic carbocycles. The fraction of sp³-hybridized carbons (Fsp3) is 0.727. The molecule has 0 aromatic heterocycles. The zero-order chi connectivity index (χ0) is 19.8. The van der Waals surface area contributed by atoms with Crippen molar-refractivity contribution in [1.82, 2.24) is 0 Å². The number of hydrogen-bond donors (Lipinski definition) is 1. The van der Waals surface area contributed by atoms with Crippen molar-refractivity contribution in [3.05, 3.63) is 23.8 Å². The van der Waals surface area contributed by atoms with Crippen molar-refractivity contribution in [3.63, 3.8) is 0 Å². The predicted molar refractivity (Wildman–Crippen MR) is 114 cm³/mol. The van der Waals surface area contributed by atoms with Crippen LogP contribution in [0.5, 0.6) is 0 Å². The fourth-order valence-corrected chi connectivity index (χ4v) is 5.65. The Bertz CT molecular complexity index is 635. The van der Waals surface area contributed by atoms with Crippen LogP contribution in [-0.4, -0.2) is 30.5 Å². The molecule has 1 fully saturated rings. The number of aliphatic hydroxyl groups excluding tert-OH is 1. The first kappa shape index (κ1) is 21.8. The molecule has 0 heterocycles. The minimum absolute atomic E-state index is 0.0230. The molecule has 0 amide bonds. The van der Waals surface area contributed by atoms with E-state index >= 15 is 0 Å². The monoisotopic (exact) mass is 394 g/mol. The number of allylic oxidation sites excluding steroid dienone is 2. The molecule has 0 bridgehead atoms. The summed E-state index contributed by atoms with van der Waals surface area (Å²) < 4.78 is 6.69. The van der Waals surface area contributed by atoms with Gasteiger partial charge in [-0.1, -0.05) is 52.0 Å². The van der Waals surface area contributed by atoms with E-state index in [1.165, 1.54) is 0 Å². The van der Waals surface area contributed by atoms with E-state index in [2.05, 4.69) is 71.7 Å². The van der Waals surface area contributed by atoms with Gasteiger partial charge in [-0.15, -0.1) is 11.6 Å². The summed E-state index contributed by atoms with van der Waals surface area (Å²) in [6.45, 7) is 15.6. The zero-order valence-corrected chi connectivity index (χ0v) is 19.2. The highest BCUT2D eigenvalue weighted by atomic mass is 35.5. The van der Waals surface area contributed by atoms with Gasteiger partial charge in [-0.3, -0.25) is 0 Å². The average molecular weight is 395 g/mol. The van der Waals surface area contributed by atoms with Crippen molar-refractivity contribution < 1.29 is 9.53 Å². The molecule has 1 saturated carbocycles. The Hall–Kier alpha value is -0.533. The van der Waals surface area contributed by atoms with Gasteiger partial charge in [-0.2, -0.15) is 0 Å². The van der Waals surface area contributed by atoms with Gasteiger partial charge in [0.15, 0.2) is 8.32 Å². The Balaban J connectivity index is 2.21. The van der Waals surface area contributed by atoms with Gasteiger partial charge in [0.05, 0.1) is 12.0 Å². The Morgan fingerprint density at radius 2 is 2.04 bits per heavy atom. The minimum atomic E-state index is -1.93. The zero-order valence-electron chi connectivity index (χ0n) is 17.4. The smallest absolute Gasteiger partial charge is 0.193 e. The molecule has 26 heavy (non-hydrogen) atoms. The first-order valence-electron chi connectivity index (χ1n) is 9.85. The second kappa shape index (κ2) is 7.84. The van der Waals surface area contributed by atoms with Crippen molar-refractivity contribution in [2.24, 2.45) is 11.8 Å². The largest absolute Gasteiger partial charge is 0.404 e. The van der Waals surface area contributed by atoms with Gasteiger partial charge in [-0.25, -0.2) is 0 Å². The van der Waals surface area contributed by atoms with Gasteiger partial charge < -0.3 is 9.53 Å². The van der Waals surface area contributed by atoms with E-state index in [0.717, 1.165) is 18.4 Å². The van der Waals surface area contributed by atoms with E-state index < -0.39 is 20.0 Å². The maximum atomic E-state index is 10.4. The van der Waals surface area contributed by atoms with Crippen LogP contribution < -0.4 is 0 Å². The predicted octanol–water partition coefficient (Wildman–Crippen LogP) is 5.67. The summed E-state index contributed by atoms with van der Waals surface area (Å²) in [6, 6.07) is 0. The second-order valence-corrected chi connectivity index (χ2v) is 14.8. The van der Waals surface area contributed by atoms with Crippen LogP contribution in [0.2, 0.25) is 18.1 Å². The quantitative estimate of drug-likeness (QED) is 0.378. The summed E-state index contributed by atoms with van der Waals surface area (Å²) in [4.78, 5) is 0. The van der Waals surface area contributed by atoms with Crippen molar-refractivity contribution in [1.29, 1.82) is 0 Å². The molecule has 1 unspecified atom stereocenters. The molecular formula is C22H35ClO2Si. The molecule has 0 spiro atoms. The lowest BCUT2D eigenvalue weighted by molar-refractivity contribution is 0.144. The Morgan fingerprint density at radius 3 is 2.62 bits per heavy atom. The van der Waals surface area contributed by atoms with Crippen LogP contribution in [0.15, 0.2) is 23.8 Å². The first-order chi connectivity index (χ1) is 11.9. The summed E-state index contributed by atoms with van der Waals surface area (Å²) >= 11 is 6.46. The topological polar surface area (TPSA) is 29.5 Å². The van der Waals surface area contributed by atoms with Gasteiger partial charge in [0.25, 0.3) is 0 Å². The summed E-state index contributed by atoms with van der Waals surface area (Å²) in [5.74, 6) is 6.94. The fourth-order valence-electron chi connectivity index (χ4n) is 3.64. The highest BCUT2D eigenvalue weighted by Crippen LogP contribution is 2.43. The molecule has 0 radical (unpaired) electrons. The number of aliphatic hydroxyl groups is 1. The van der Waals surface area contributed by atoms with Gasteiger partial charge in [0.1, 0.15) is 5.60 Å². The second-order valence-electron chi connectivity index (χ2n) is 9.48. The maximum Gasteiger partial charge on any atom is 0.193 e. The number of rotatable bonds is 4. The van der Waals surface area contributed by atoms with Crippen molar-refractivity contribution in [2.75, 3.05) is 0 Å². The lowest BCUT2D eigenvalue weighted by atomic mass is 9.90. The highest BCUT2D eigenvalue weighted by Gasteiger charge is 2.44. The van der Waals surface area contributed by atoms with Crippen molar-refractivity contribution in [2.45, 2.75) is 89.1 Å². The summed E-state index contributed by atoms with van der Waals surface area (Å²) in [5, 5.41) is 10.6. The maximum absolute atomic E-state index is 10.4. The number of halogens is 1. The van der Waals surface area contributed by atoms with E-state index in [1.807, 2.05) is 6.08 Å². The van der Waals surface area contributed by atoms with Crippen LogP contribution in [0, 0.1) is 23.7 Å². The van der Waals surface area contributed by atoms with Gasteiger partial charge >= 0.3 is 0 Å². The van der Waals surface area contributed by atoms with Gasteiger partial charge in [0, 0.05) is 11.0 Å². The van der Waals surface area contributed by atoms with E-state index in [1.54, 1.807) is 0 Å². The Labute approximate surface area is 166 Å². The van der Waals surface area contributed by atoms with Gasteiger partial charge in [-0.05, 0) is 56.0 Å². The van der Waals surface area contributed by atoms with E-state index in [9.17, 15) is 5.11 Å². The van der Waals surface area contributed by atoms with Gasteiger partial charge in [0.2, 0.25) is 0 Å². The normalized spacial score (nSPS) is 34.6. The Kier molecular flexibility index (Phi) is 6.56. The molecule has 4 heteroatoms. The molecule has 146 valence electrons.